The highest BCUT2D eigenvalue weighted by Crippen LogP contribution is 2.24. The van der Waals surface area contributed by atoms with Crippen LogP contribution in [-0.4, -0.2) is 40.3 Å². The Labute approximate surface area is 125 Å². The Kier molecular flexibility index (Phi) is 3.91. The maximum Gasteiger partial charge on any atom is 0.283 e. The van der Waals surface area contributed by atoms with Crippen molar-refractivity contribution >= 4 is 15.9 Å². The Morgan fingerprint density at radius 2 is 2.00 bits per heavy atom. The summed E-state index contributed by atoms with van der Waals surface area (Å²) in [7, 11) is 0. The van der Waals surface area contributed by atoms with Gasteiger partial charge in [-0.2, -0.15) is 0 Å². The highest BCUT2D eigenvalue weighted by atomic mass is 79.9. The SMILES string of the molecule is CC1CN(Cc2nnc(-c3ccc(Br)o3)o2)CC(C)N1. The van der Waals surface area contributed by atoms with Gasteiger partial charge in [-0.05, 0) is 41.9 Å². The van der Waals surface area contributed by atoms with Crippen molar-refractivity contribution in [3.63, 3.8) is 0 Å². The lowest BCUT2D eigenvalue weighted by Gasteiger charge is -2.35. The average molecular weight is 341 g/mol. The van der Waals surface area contributed by atoms with Crippen molar-refractivity contribution in [1.82, 2.24) is 20.4 Å². The summed E-state index contributed by atoms with van der Waals surface area (Å²) >= 11 is 3.26. The predicted molar refractivity (Wildman–Crippen MR) is 77.0 cm³/mol. The highest BCUT2D eigenvalue weighted by Gasteiger charge is 2.23. The maximum absolute atomic E-state index is 5.66. The van der Waals surface area contributed by atoms with Gasteiger partial charge in [-0.15, -0.1) is 10.2 Å². The number of nitrogens with zero attached hydrogens (tertiary/aromatic N) is 3. The quantitative estimate of drug-likeness (QED) is 0.924. The van der Waals surface area contributed by atoms with E-state index in [1.807, 2.05) is 0 Å². The minimum absolute atomic E-state index is 0.418. The van der Waals surface area contributed by atoms with E-state index in [2.05, 4.69) is 50.2 Å². The minimum atomic E-state index is 0.418. The smallest absolute Gasteiger partial charge is 0.283 e. The van der Waals surface area contributed by atoms with Crippen LogP contribution in [0.4, 0.5) is 0 Å². The molecule has 6 nitrogen and oxygen atoms in total. The monoisotopic (exact) mass is 340 g/mol. The zero-order valence-corrected chi connectivity index (χ0v) is 13.1. The van der Waals surface area contributed by atoms with Crippen molar-refractivity contribution in [2.24, 2.45) is 0 Å². The van der Waals surface area contributed by atoms with E-state index in [4.69, 9.17) is 8.83 Å². The van der Waals surface area contributed by atoms with Gasteiger partial charge in [0.25, 0.3) is 5.89 Å². The fourth-order valence-corrected chi connectivity index (χ4v) is 2.91. The zero-order chi connectivity index (χ0) is 14.1. The number of aromatic nitrogens is 2. The van der Waals surface area contributed by atoms with Crippen LogP contribution in [0.1, 0.15) is 19.7 Å². The molecule has 7 heteroatoms. The van der Waals surface area contributed by atoms with E-state index in [1.165, 1.54) is 0 Å². The molecule has 0 bridgehead atoms. The lowest BCUT2D eigenvalue weighted by atomic mass is 10.1. The fourth-order valence-electron chi connectivity index (χ4n) is 2.61. The molecular formula is C13H17BrN4O2. The fraction of sp³-hybridized carbons (Fsp3) is 0.538. The molecule has 0 saturated carbocycles. The Morgan fingerprint density at radius 1 is 1.25 bits per heavy atom. The largest absolute Gasteiger partial charge is 0.444 e. The van der Waals surface area contributed by atoms with Gasteiger partial charge in [-0.1, -0.05) is 0 Å². The molecule has 0 aromatic carbocycles. The maximum atomic E-state index is 5.66. The number of hydrogen-bond donors (Lipinski definition) is 1. The summed E-state index contributed by atoms with van der Waals surface area (Å²) < 4.78 is 11.7. The third kappa shape index (κ3) is 3.11. The van der Waals surface area contributed by atoms with Gasteiger partial charge in [-0.25, -0.2) is 0 Å². The van der Waals surface area contributed by atoms with E-state index in [-0.39, 0.29) is 0 Å². The van der Waals surface area contributed by atoms with Crippen molar-refractivity contribution < 1.29 is 8.83 Å². The molecule has 2 aromatic rings. The van der Waals surface area contributed by atoms with Crippen LogP contribution < -0.4 is 5.32 Å². The van der Waals surface area contributed by atoms with Gasteiger partial charge in [0.05, 0.1) is 6.54 Å². The van der Waals surface area contributed by atoms with Crippen LogP contribution in [0.2, 0.25) is 0 Å². The van der Waals surface area contributed by atoms with Crippen LogP contribution in [0.15, 0.2) is 25.6 Å². The number of piperazine rings is 1. The molecule has 1 N–H and O–H groups in total. The molecule has 20 heavy (non-hydrogen) atoms. The van der Waals surface area contributed by atoms with Crippen molar-refractivity contribution in [2.75, 3.05) is 13.1 Å². The van der Waals surface area contributed by atoms with Crippen molar-refractivity contribution in [3.8, 4) is 11.7 Å². The molecule has 3 rings (SSSR count). The first-order chi connectivity index (χ1) is 9.60. The van der Waals surface area contributed by atoms with Gasteiger partial charge in [0, 0.05) is 25.2 Å². The highest BCUT2D eigenvalue weighted by molar-refractivity contribution is 9.10. The first-order valence-electron chi connectivity index (χ1n) is 6.66. The first-order valence-corrected chi connectivity index (χ1v) is 7.46. The Bertz CT molecular complexity index is 572. The molecule has 108 valence electrons. The lowest BCUT2D eigenvalue weighted by Crippen LogP contribution is -2.53. The van der Waals surface area contributed by atoms with E-state index in [1.54, 1.807) is 12.1 Å². The minimum Gasteiger partial charge on any atom is -0.444 e. The van der Waals surface area contributed by atoms with Gasteiger partial charge in [0.2, 0.25) is 5.89 Å². The first kappa shape index (κ1) is 13.8. The normalized spacial score (nSPS) is 24.1. The Morgan fingerprint density at radius 3 is 2.65 bits per heavy atom. The topological polar surface area (TPSA) is 67.3 Å². The Balaban J connectivity index is 1.68. The lowest BCUT2D eigenvalue weighted by molar-refractivity contribution is 0.154. The molecule has 1 aliphatic heterocycles. The van der Waals surface area contributed by atoms with E-state index >= 15 is 0 Å². The second-order valence-electron chi connectivity index (χ2n) is 5.27. The zero-order valence-electron chi connectivity index (χ0n) is 11.5. The molecule has 2 unspecified atom stereocenters. The average Bonchev–Trinajstić information content (AvgIpc) is 2.96. The number of rotatable bonds is 3. The molecule has 0 radical (unpaired) electrons. The van der Waals surface area contributed by atoms with Crippen molar-refractivity contribution in [1.29, 1.82) is 0 Å². The van der Waals surface area contributed by atoms with Crippen molar-refractivity contribution in [3.05, 3.63) is 22.7 Å². The number of halogens is 1. The third-order valence-electron chi connectivity index (χ3n) is 3.24. The summed E-state index contributed by atoms with van der Waals surface area (Å²) in [6.07, 6.45) is 0. The molecule has 1 fully saturated rings. The molecule has 0 spiro atoms. The molecule has 3 heterocycles. The third-order valence-corrected chi connectivity index (χ3v) is 3.67. The van der Waals surface area contributed by atoms with E-state index in [0.717, 1.165) is 13.1 Å². The van der Waals surface area contributed by atoms with Crippen LogP contribution in [0, 0.1) is 0 Å². The van der Waals surface area contributed by atoms with Crippen LogP contribution in [0.5, 0.6) is 0 Å². The molecule has 1 aliphatic rings. The molecule has 2 aromatic heterocycles. The van der Waals surface area contributed by atoms with Gasteiger partial charge in [0.15, 0.2) is 10.4 Å². The summed E-state index contributed by atoms with van der Waals surface area (Å²) in [6.45, 7) is 7.00. The summed E-state index contributed by atoms with van der Waals surface area (Å²) in [5.74, 6) is 1.62. The van der Waals surface area contributed by atoms with Crippen LogP contribution in [0.25, 0.3) is 11.7 Å². The molecule has 0 aliphatic carbocycles. The van der Waals surface area contributed by atoms with Crippen LogP contribution in [0.3, 0.4) is 0 Å². The molecule has 1 saturated heterocycles. The van der Waals surface area contributed by atoms with Gasteiger partial charge >= 0.3 is 0 Å². The predicted octanol–water partition coefficient (Wildman–Crippen LogP) is 2.27. The number of hydrogen-bond acceptors (Lipinski definition) is 6. The van der Waals surface area contributed by atoms with Gasteiger partial charge in [0.1, 0.15) is 0 Å². The standard InChI is InChI=1S/C13H17BrN4O2/c1-8-5-18(6-9(2)15-8)7-12-16-17-13(20-12)10-3-4-11(14)19-10/h3-4,8-9,15H,5-7H2,1-2H3. The van der Waals surface area contributed by atoms with Gasteiger partial charge in [-0.3, -0.25) is 4.90 Å². The molecule has 0 amide bonds. The molecular weight excluding hydrogens is 324 g/mol. The second kappa shape index (κ2) is 5.67. The summed E-state index contributed by atoms with van der Waals surface area (Å²) in [5, 5.41) is 11.6. The molecule has 2 atom stereocenters. The second-order valence-corrected chi connectivity index (χ2v) is 6.05. The Hall–Kier alpha value is -1.18. The summed E-state index contributed by atoms with van der Waals surface area (Å²) in [6, 6.07) is 4.55. The number of furan rings is 1. The summed E-state index contributed by atoms with van der Waals surface area (Å²) in [4.78, 5) is 2.32. The number of nitrogens with one attached hydrogen (secondary N) is 1. The summed E-state index contributed by atoms with van der Waals surface area (Å²) in [5.41, 5.74) is 0. The van der Waals surface area contributed by atoms with E-state index in [9.17, 15) is 0 Å². The van der Waals surface area contributed by atoms with Crippen molar-refractivity contribution in [2.45, 2.75) is 32.5 Å². The van der Waals surface area contributed by atoms with E-state index in [0.29, 0.717) is 40.8 Å². The van der Waals surface area contributed by atoms with Crippen LogP contribution >= 0.6 is 15.9 Å². The van der Waals surface area contributed by atoms with Crippen LogP contribution in [-0.2, 0) is 6.54 Å². The van der Waals surface area contributed by atoms with Gasteiger partial charge < -0.3 is 14.2 Å². The van der Waals surface area contributed by atoms with E-state index < -0.39 is 0 Å².